The Morgan fingerprint density at radius 2 is 1.86 bits per heavy atom. The van der Waals surface area contributed by atoms with E-state index in [1.54, 1.807) is 0 Å². The Hall–Kier alpha value is -2.77. The molecule has 2 rings (SSSR count). The highest BCUT2D eigenvalue weighted by atomic mass is 19.2. The van der Waals surface area contributed by atoms with Gasteiger partial charge in [-0.2, -0.15) is 0 Å². The Bertz CT molecular complexity index is 672. The maximum absolute atomic E-state index is 13.3. The Labute approximate surface area is 116 Å². The number of carbonyl (C=O) groups excluding carboxylic acids is 2. The molecule has 0 radical (unpaired) electrons. The highest BCUT2D eigenvalue weighted by Crippen LogP contribution is 2.19. The second-order valence-electron chi connectivity index (χ2n) is 3.97. The summed E-state index contributed by atoms with van der Waals surface area (Å²) in [4.78, 5) is 23.0. The summed E-state index contributed by atoms with van der Waals surface area (Å²) in [6, 6.07) is 2.95. The van der Waals surface area contributed by atoms with Crippen LogP contribution in [0.1, 0.15) is 10.4 Å². The van der Waals surface area contributed by atoms with Crippen LogP contribution in [-0.2, 0) is 4.79 Å². The molecule has 0 spiro atoms. The summed E-state index contributed by atoms with van der Waals surface area (Å²) in [5.41, 5.74) is -0.307. The second-order valence-corrected chi connectivity index (χ2v) is 3.97. The fraction of sp³-hybridized carbons (Fsp3) is 0.0769. The van der Waals surface area contributed by atoms with Gasteiger partial charge in [0.1, 0.15) is 6.26 Å². The fourth-order valence-electron chi connectivity index (χ4n) is 1.47. The van der Waals surface area contributed by atoms with Gasteiger partial charge in [-0.05, 0) is 18.2 Å². The molecule has 0 aliphatic rings. The van der Waals surface area contributed by atoms with Crippen molar-refractivity contribution in [2.45, 2.75) is 0 Å². The van der Waals surface area contributed by atoms with E-state index < -0.39 is 41.5 Å². The molecule has 2 aromatic rings. The van der Waals surface area contributed by atoms with Gasteiger partial charge in [-0.1, -0.05) is 0 Å². The number of benzene rings is 1. The first-order valence-corrected chi connectivity index (χ1v) is 5.73. The number of amides is 2. The van der Waals surface area contributed by atoms with Gasteiger partial charge in [0, 0.05) is 0 Å². The van der Waals surface area contributed by atoms with Crippen LogP contribution < -0.4 is 10.6 Å². The van der Waals surface area contributed by atoms with Crippen LogP contribution in [0.5, 0.6) is 0 Å². The van der Waals surface area contributed by atoms with Gasteiger partial charge in [0.2, 0.25) is 5.91 Å². The minimum Gasteiger partial charge on any atom is -0.472 e. The predicted molar refractivity (Wildman–Crippen MR) is 66.0 cm³/mol. The minimum absolute atomic E-state index is 0.210. The van der Waals surface area contributed by atoms with E-state index in [9.17, 15) is 22.8 Å². The van der Waals surface area contributed by atoms with E-state index in [1.807, 2.05) is 5.32 Å². The van der Waals surface area contributed by atoms with Crippen molar-refractivity contribution >= 4 is 17.5 Å². The van der Waals surface area contributed by atoms with Crippen LogP contribution in [-0.4, -0.2) is 18.4 Å². The SMILES string of the molecule is O=C(CNC(=O)c1ccoc1)Nc1ccc(F)c(F)c1F. The largest absolute Gasteiger partial charge is 0.472 e. The molecule has 21 heavy (non-hydrogen) atoms. The monoisotopic (exact) mass is 298 g/mol. The third-order valence-electron chi connectivity index (χ3n) is 2.50. The zero-order chi connectivity index (χ0) is 15.4. The van der Waals surface area contributed by atoms with Gasteiger partial charge in [-0.3, -0.25) is 9.59 Å². The normalized spacial score (nSPS) is 10.2. The first kappa shape index (κ1) is 14.6. The number of furan rings is 1. The Morgan fingerprint density at radius 1 is 1.10 bits per heavy atom. The lowest BCUT2D eigenvalue weighted by molar-refractivity contribution is -0.115. The summed E-state index contributed by atoms with van der Waals surface area (Å²) in [5, 5.41) is 4.27. The summed E-state index contributed by atoms with van der Waals surface area (Å²) in [6.45, 7) is -0.470. The number of hydrogen-bond acceptors (Lipinski definition) is 3. The summed E-state index contributed by atoms with van der Waals surface area (Å²) < 4.78 is 43.7. The van der Waals surface area contributed by atoms with Crippen molar-refractivity contribution in [2.24, 2.45) is 0 Å². The molecule has 1 heterocycles. The molecule has 0 saturated carbocycles. The van der Waals surface area contributed by atoms with Gasteiger partial charge in [0.25, 0.3) is 5.91 Å². The second kappa shape index (κ2) is 6.12. The lowest BCUT2D eigenvalue weighted by Gasteiger charge is -2.08. The van der Waals surface area contributed by atoms with Crippen molar-refractivity contribution in [1.82, 2.24) is 5.32 Å². The van der Waals surface area contributed by atoms with Crippen LogP contribution in [0.15, 0.2) is 35.1 Å². The van der Waals surface area contributed by atoms with Gasteiger partial charge >= 0.3 is 0 Å². The zero-order valence-corrected chi connectivity index (χ0v) is 10.5. The lowest BCUT2D eigenvalue weighted by Crippen LogP contribution is -2.32. The van der Waals surface area contributed by atoms with Crippen LogP contribution in [0, 0.1) is 17.5 Å². The fourth-order valence-corrected chi connectivity index (χ4v) is 1.47. The molecule has 110 valence electrons. The molecule has 5 nitrogen and oxygen atoms in total. The van der Waals surface area contributed by atoms with Crippen molar-refractivity contribution in [1.29, 1.82) is 0 Å². The average Bonchev–Trinajstić information content (AvgIpc) is 3.00. The number of nitrogens with one attached hydrogen (secondary N) is 2. The maximum atomic E-state index is 13.3. The molecule has 0 saturated heterocycles. The third kappa shape index (κ3) is 3.41. The molecule has 0 bridgehead atoms. The van der Waals surface area contributed by atoms with E-state index in [1.165, 1.54) is 18.6 Å². The van der Waals surface area contributed by atoms with E-state index in [0.29, 0.717) is 6.07 Å². The molecular formula is C13H9F3N2O3. The molecule has 0 fully saturated rings. The molecular weight excluding hydrogens is 289 g/mol. The molecule has 1 aromatic heterocycles. The van der Waals surface area contributed by atoms with Crippen molar-refractivity contribution in [2.75, 3.05) is 11.9 Å². The molecule has 0 unspecified atom stereocenters. The van der Waals surface area contributed by atoms with Crippen LogP contribution >= 0.6 is 0 Å². The van der Waals surface area contributed by atoms with Gasteiger partial charge < -0.3 is 15.1 Å². The van der Waals surface area contributed by atoms with E-state index in [4.69, 9.17) is 4.42 Å². The Kier molecular flexibility index (Phi) is 4.27. The molecule has 8 heteroatoms. The molecule has 1 aromatic carbocycles. The van der Waals surface area contributed by atoms with Gasteiger partial charge in [-0.25, -0.2) is 13.2 Å². The number of halogens is 3. The molecule has 0 aliphatic carbocycles. The van der Waals surface area contributed by atoms with Crippen molar-refractivity contribution in [3.8, 4) is 0 Å². The smallest absolute Gasteiger partial charge is 0.254 e. The first-order chi connectivity index (χ1) is 9.99. The number of anilines is 1. The minimum atomic E-state index is -1.68. The number of carbonyl (C=O) groups is 2. The van der Waals surface area contributed by atoms with Crippen LogP contribution in [0.4, 0.5) is 18.9 Å². The average molecular weight is 298 g/mol. The predicted octanol–water partition coefficient (Wildman–Crippen LogP) is 2.07. The van der Waals surface area contributed by atoms with E-state index in [2.05, 4.69) is 5.32 Å². The Morgan fingerprint density at radius 3 is 2.52 bits per heavy atom. The van der Waals surface area contributed by atoms with Crippen LogP contribution in [0.3, 0.4) is 0 Å². The highest BCUT2D eigenvalue weighted by molar-refractivity contribution is 5.99. The van der Waals surface area contributed by atoms with Gasteiger partial charge in [0.15, 0.2) is 17.5 Å². The van der Waals surface area contributed by atoms with Crippen molar-refractivity contribution in [3.05, 3.63) is 53.7 Å². The van der Waals surface area contributed by atoms with E-state index in [0.717, 1.165) is 6.07 Å². The molecule has 0 aliphatic heterocycles. The molecule has 0 atom stereocenters. The maximum Gasteiger partial charge on any atom is 0.254 e. The van der Waals surface area contributed by atoms with Crippen LogP contribution in [0.2, 0.25) is 0 Å². The summed E-state index contributed by atoms with van der Waals surface area (Å²) in [5.74, 6) is -5.92. The standard InChI is InChI=1S/C13H9F3N2O3/c14-8-1-2-9(12(16)11(8)15)18-10(19)5-17-13(20)7-3-4-21-6-7/h1-4,6H,5H2,(H,17,20)(H,18,19). The Balaban J connectivity index is 1.93. The summed E-state index contributed by atoms with van der Waals surface area (Å²) >= 11 is 0. The first-order valence-electron chi connectivity index (χ1n) is 5.73. The topological polar surface area (TPSA) is 71.3 Å². The van der Waals surface area contributed by atoms with Gasteiger partial charge in [0.05, 0.1) is 24.1 Å². The highest BCUT2D eigenvalue weighted by Gasteiger charge is 2.15. The summed E-state index contributed by atoms with van der Waals surface area (Å²) in [7, 11) is 0. The quantitative estimate of drug-likeness (QED) is 0.849. The number of rotatable bonds is 4. The van der Waals surface area contributed by atoms with Crippen molar-refractivity contribution in [3.63, 3.8) is 0 Å². The molecule has 2 N–H and O–H groups in total. The summed E-state index contributed by atoms with van der Waals surface area (Å²) in [6.07, 6.45) is 2.47. The van der Waals surface area contributed by atoms with Gasteiger partial charge in [-0.15, -0.1) is 0 Å². The third-order valence-corrected chi connectivity index (χ3v) is 2.50. The zero-order valence-electron chi connectivity index (χ0n) is 10.5. The lowest BCUT2D eigenvalue weighted by atomic mass is 10.2. The molecule has 2 amide bonds. The van der Waals surface area contributed by atoms with Crippen LogP contribution in [0.25, 0.3) is 0 Å². The number of hydrogen-bond donors (Lipinski definition) is 2. The van der Waals surface area contributed by atoms with E-state index >= 15 is 0 Å². The van der Waals surface area contributed by atoms with E-state index in [-0.39, 0.29) is 5.56 Å². The van der Waals surface area contributed by atoms with Crippen molar-refractivity contribution < 1.29 is 27.2 Å².